The topological polar surface area (TPSA) is 67.5 Å². The van der Waals surface area contributed by atoms with Gasteiger partial charge < -0.3 is 20.0 Å². The van der Waals surface area contributed by atoms with Crippen LogP contribution in [-0.4, -0.2) is 43.7 Å². The van der Waals surface area contributed by atoms with Crippen molar-refractivity contribution in [3.8, 4) is 5.75 Å². The Hall–Kier alpha value is -3.55. The first-order chi connectivity index (χ1) is 19.3. The molecular weight excluding hydrogens is 534 g/mol. The minimum atomic E-state index is -2.71. The first kappa shape index (κ1) is 26.7. The number of nitrogens with two attached hydrogens (primary N) is 1. The van der Waals surface area contributed by atoms with Crippen LogP contribution in [0, 0.1) is 0 Å². The van der Waals surface area contributed by atoms with E-state index < -0.39 is 8.32 Å². The summed E-state index contributed by atoms with van der Waals surface area (Å²) in [5.74, 6) is 1.35. The van der Waals surface area contributed by atoms with Crippen molar-refractivity contribution in [1.82, 2.24) is 10.2 Å². The molecule has 6 nitrogen and oxygen atoms in total. The van der Waals surface area contributed by atoms with E-state index in [-0.39, 0.29) is 5.04 Å². The number of anilines is 3. The number of rotatable bonds is 6. The molecule has 3 aromatic carbocycles. The minimum absolute atomic E-state index is 0.101. The van der Waals surface area contributed by atoms with Gasteiger partial charge in [0.25, 0.3) is 0 Å². The monoisotopic (exact) mass is 569 g/mol. The van der Waals surface area contributed by atoms with Crippen LogP contribution >= 0.6 is 11.6 Å². The van der Waals surface area contributed by atoms with Crippen LogP contribution in [0.1, 0.15) is 33.6 Å². The number of hydrogen-bond acceptors (Lipinski definition) is 6. The van der Waals surface area contributed by atoms with Crippen molar-refractivity contribution in [2.24, 2.45) is 0 Å². The fourth-order valence-electron chi connectivity index (χ4n) is 6.68. The lowest BCUT2D eigenvalue weighted by molar-refractivity contribution is 0.505. The summed E-state index contributed by atoms with van der Waals surface area (Å²) in [7, 11) is -2.71. The Morgan fingerprint density at radius 3 is 2.00 bits per heavy atom. The molecule has 2 atom stereocenters. The van der Waals surface area contributed by atoms with Gasteiger partial charge in [0.05, 0.1) is 5.69 Å². The standard InChI is InChI=1S/C32H36ClN5OSi/c1-32(2,3)40(27-13-6-4-7-14-27,28-15-8-5-9-16-28)39-26-12-10-11-23(19-26)38-24-17-18-25(38)22-37(21-24)29-20-30(33)35-36-31(29)34/h4-16,19-20,24-25H,17-18,21-22H2,1-3H3,(H2,34,36). The van der Waals surface area contributed by atoms with Gasteiger partial charge in [-0.1, -0.05) is 99.1 Å². The second-order valence-electron chi connectivity index (χ2n) is 11.9. The fourth-order valence-corrected chi connectivity index (χ4v) is 11.2. The summed E-state index contributed by atoms with van der Waals surface area (Å²) in [5, 5.41) is 10.8. The molecule has 0 radical (unpaired) electrons. The summed E-state index contributed by atoms with van der Waals surface area (Å²) in [6, 6.07) is 32.9. The number of hydrogen-bond donors (Lipinski definition) is 1. The summed E-state index contributed by atoms with van der Waals surface area (Å²) >= 11 is 6.16. The molecule has 6 rings (SSSR count). The van der Waals surface area contributed by atoms with E-state index >= 15 is 0 Å². The highest BCUT2D eigenvalue weighted by Crippen LogP contribution is 2.41. The van der Waals surface area contributed by atoms with E-state index in [0.717, 1.165) is 37.4 Å². The van der Waals surface area contributed by atoms with Crippen LogP contribution in [0.15, 0.2) is 91.0 Å². The Bertz CT molecular complexity index is 1430. The highest BCUT2D eigenvalue weighted by molar-refractivity contribution is 7.00. The lowest BCUT2D eigenvalue weighted by Crippen LogP contribution is -2.68. The average molecular weight is 570 g/mol. The average Bonchev–Trinajstić information content (AvgIpc) is 3.22. The number of aromatic nitrogens is 2. The first-order valence-corrected chi connectivity index (χ1v) is 16.3. The third-order valence-corrected chi connectivity index (χ3v) is 13.5. The molecule has 8 heteroatoms. The molecule has 2 N–H and O–H groups in total. The van der Waals surface area contributed by atoms with Gasteiger partial charge in [-0.05, 0) is 40.4 Å². The summed E-state index contributed by atoms with van der Waals surface area (Å²) in [6.07, 6.45) is 2.26. The first-order valence-electron chi connectivity index (χ1n) is 14.0. The predicted molar refractivity (Wildman–Crippen MR) is 168 cm³/mol. The molecule has 2 saturated heterocycles. The van der Waals surface area contributed by atoms with Crippen molar-refractivity contribution < 1.29 is 4.43 Å². The molecule has 2 fully saturated rings. The van der Waals surface area contributed by atoms with Crippen LogP contribution in [0.25, 0.3) is 0 Å². The molecule has 0 saturated carbocycles. The van der Waals surface area contributed by atoms with Crippen LogP contribution in [0.5, 0.6) is 5.75 Å². The number of halogens is 1. The molecule has 2 unspecified atom stereocenters. The molecular formula is C32H36ClN5OSi. The molecule has 2 bridgehead atoms. The molecule has 40 heavy (non-hydrogen) atoms. The fraction of sp³-hybridized carbons (Fsp3) is 0.312. The third-order valence-electron chi connectivity index (χ3n) is 8.40. The van der Waals surface area contributed by atoms with Crippen LogP contribution in [0.2, 0.25) is 10.2 Å². The zero-order chi connectivity index (χ0) is 27.9. The summed E-state index contributed by atoms with van der Waals surface area (Å²) in [5.41, 5.74) is 8.27. The number of benzene rings is 3. The van der Waals surface area contributed by atoms with Crippen molar-refractivity contribution >= 4 is 47.5 Å². The van der Waals surface area contributed by atoms with Crippen LogP contribution in [0.3, 0.4) is 0 Å². The van der Waals surface area contributed by atoms with Gasteiger partial charge in [0.15, 0.2) is 11.0 Å². The second-order valence-corrected chi connectivity index (χ2v) is 16.5. The Kier molecular flexibility index (Phi) is 6.96. The van der Waals surface area contributed by atoms with Gasteiger partial charge in [-0.3, -0.25) is 0 Å². The lowest BCUT2D eigenvalue weighted by atomic mass is 10.1. The Morgan fingerprint density at radius 2 is 1.43 bits per heavy atom. The Labute approximate surface area is 242 Å². The van der Waals surface area contributed by atoms with Crippen LogP contribution < -0.4 is 30.3 Å². The van der Waals surface area contributed by atoms with Crippen molar-refractivity contribution in [2.45, 2.75) is 50.7 Å². The summed E-state index contributed by atoms with van der Waals surface area (Å²) in [6.45, 7) is 8.67. The number of nitrogen functional groups attached to an aromatic ring is 1. The van der Waals surface area contributed by atoms with E-state index in [2.05, 4.69) is 126 Å². The lowest BCUT2D eigenvalue weighted by Gasteiger charge is -2.44. The minimum Gasteiger partial charge on any atom is -0.534 e. The van der Waals surface area contributed by atoms with Crippen molar-refractivity contribution in [1.29, 1.82) is 0 Å². The van der Waals surface area contributed by atoms with Gasteiger partial charge >= 0.3 is 8.32 Å². The van der Waals surface area contributed by atoms with E-state index in [4.69, 9.17) is 21.8 Å². The number of fused-ring (bicyclic) bond motifs is 2. The molecule has 2 aliphatic rings. The van der Waals surface area contributed by atoms with Gasteiger partial charge in [-0.15, -0.1) is 10.2 Å². The summed E-state index contributed by atoms with van der Waals surface area (Å²) in [4.78, 5) is 4.90. The molecule has 4 aromatic rings. The normalized spacial score (nSPS) is 19.1. The van der Waals surface area contributed by atoms with Crippen molar-refractivity contribution in [3.63, 3.8) is 0 Å². The van der Waals surface area contributed by atoms with Gasteiger partial charge in [0.1, 0.15) is 5.75 Å². The highest BCUT2D eigenvalue weighted by atomic mass is 35.5. The van der Waals surface area contributed by atoms with Gasteiger partial charge in [-0.25, -0.2) is 0 Å². The second kappa shape index (κ2) is 10.4. The van der Waals surface area contributed by atoms with Crippen LogP contribution in [0.4, 0.5) is 17.2 Å². The molecule has 1 aromatic heterocycles. The molecule has 206 valence electrons. The summed E-state index contributed by atoms with van der Waals surface area (Å²) < 4.78 is 7.34. The van der Waals surface area contributed by atoms with Crippen LogP contribution in [-0.2, 0) is 0 Å². The number of nitrogens with zero attached hydrogens (tertiary/aromatic N) is 4. The van der Waals surface area contributed by atoms with E-state index in [9.17, 15) is 0 Å². The quantitative estimate of drug-likeness (QED) is 0.309. The molecule has 0 spiro atoms. The molecule has 2 aliphatic heterocycles. The van der Waals surface area contributed by atoms with Crippen molar-refractivity contribution in [3.05, 3.63) is 96.1 Å². The maximum absolute atomic E-state index is 7.34. The van der Waals surface area contributed by atoms with Gasteiger partial charge in [-0.2, -0.15) is 0 Å². The molecule has 0 aliphatic carbocycles. The SMILES string of the molecule is CC(C)(C)[Si](Oc1cccc(N2C3CCC2CN(c2cc(Cl)nnc2N)C3)c1)(c1ccccc1)c1ccccc1. The van der Waals surface area contributed by atoms with E-state index in [1.165, 1.54) is 16.1 Å². The Balaban J connectivity index is 1.34. The maximum Gasteiger partial charge on any atom is 0.319 e. The largest absolute Gasteiger partial charge is 0.534 e. The third kappa shape index (κ3) is 4.71. The predicted octanol–water partition coefficient (Wildman–Crippen LogP) is 5.51. The maximum atomic E-state index is 7.34. The zero-order valence-electron chi connectivity index (χ0n) is 23.3. The van der Waals surface area contributed by atoms with Gasteiger partial charge in [0.2, 0.25) is 0 Å². The van der Waals surface area contributed by atoms with E-state index in [1.807, 2.05) is 6.07 Å². The van der Waals surface area contributed by atoms with Gasteiger partial charge in [0, 0.05) is 43.0 Å². The van der Waals surface area contributed by atoms with E-state index in [0.29, 0.717) is 23.1 Å². The van der Waals surface area contributed by atoms with Crippen molar-refractivity contribution in [2.75, 3.05) is 28.6 Å². The smallest absolute Gasteiger partial charge is 0.319 e. The zero-order valence-corrected chi connectivity index (χ0v) is 25.1. The number of piperazine rings is 1. The molecule has 3 heterocycles. The molecule has 0 amide bonds. The Morgan fingerprint density at radius 1 is 0.825 bits per heavy atom. The highest BCUT2D eigenvalue weighted by Gasteiger charge is 2.52. The van der Waals surface area contributed by atoms with E-state index in [1.54, 1.807) is 0 Å².